The third kappa shape index (κ3) is 3.19. The summed E-state index contributed by atoms with van der Waals surface area (Å²) in [6.45, 7) is 6.77. The summed E-state index contributed by atoms with van der Waals surface area (Å²) in [5, 5.41) is 4.42. The lowest BCUT2D eigenvalue weighted by Gasteiger charge is -2.42. The minimum absolute atomic E-state index is 0.0740. The van der Waals surface area contributed by atoms with Gasteiger partial charge >= 0.3 is 0 Å². The highest BCUT2D eigenvalue weighted by atomic mass is 32.2. The molecule has 2 aliphatic heterocycles. The van der Waals surface area contributed by atoms with Gasteiger partial charge in [0.25, 0.3) is 0 Å². The number of hydrogen-bond acceptors (Lipinski definition) is 5. The topological polar surface area (TPSA) is 58.4 Å². The van der Waals surface area contributed by atoms with Crippen molar-refractivity contribution in [3.8, 4) is 5.69 Å². The van der Waals surface area contributed by atoms with Crippen LogP contribution in [0.2, 0.25) is 0 Å². The fourth-order valence-electron chi connectivity index (χ4n) is 4.39. The van der Waals surface area contributed by atoms with Gasteiger partial charge in [0.15, 0.2) is 9.84 Å². The van der Waals surface area contributed by atoms with Gasteiger partial charge in [-0.1, -0.05) is 6.07 Å². The summed E-state index contributed by atoms with van der Waals surface area (Å²) in [5.41, 5.74) is 4.75. The number of benzene rings is 1. The van der Waals surface area contributed by atoms with Crippen LogP contribution in [0.25, 0.3) is 5.69 Å². The third-order valence-electron chi connectivity index (χ3n) is 5.77. The van der Waals surface area contributed by atoms with Crippen molar-refractivity contribution in [2.24, 2.45) is 0 Å². The molecule has 140 valence electrons. The molecule has 2 aromatic rings. The number of fused-ring (bicyclic) bond motifs is 1. The number of nitrogens with zero attached hydrogens (tertiary/aromatic N) is 4. The molecular formula is C19H26N4O2S. The number of rotatable bonds is 3. The normalized spacial score (nSPS) is 26.1. The van der Waals surface area contributed by atoms with Crippen LogP contribution >= 0.6 is 0 Å². The second kappa shape index (κ2) is 6.48. The molecule has 6 nitrogen and oxygen atoms in total. The summed E-state index contributed by atoms with van der Waals surface area (Å²) < 4.78 is 26.4. The highest BCUT2D eigenvalue weighted by Gasteiger charge is 2.45. The van der Waals surface area contributed by atoms with E-state index in [1.807, 2.05) is 24.0 Å². The van der Waals surface area contributed by atoms with Gasteiger partial charge in [-0.2, -0.15) is 5.10 Å². The molecule has 0 amide bonds. The van der Waals surface area contributed by atoms with Gasteiger partial charge in [-0.25, -0.2) is 13.1 Å². The molecule has 0 spiro atoms. The van der Waals surface area contributed by atoms with E-state index in [-0.39, 0.29) is 23.6 Å². The predicted octanol–water partition coefficient (Wildman–Crippen LogP) is 1.40. The van der Waals surface area contributed by atoms with E-state index in [0.717, 1.165) is 25.3 Å². The molecule has 0 saturated carbocycles. The van der Waals surface area contributed by atoms with Crippen molar-refractivity contribution in [2.45, 2.75) is 32.5 Å². The summed E-state index contributed by atoms with van der Waals surface area (Å²) in [5.74, 6) is 0.549. The summed E-state index contributed by atoms with van der Waals surface area (Å²) in [6.07, 6.45) is 3.75. The third-order valence-corrected chi connectivity index (χ3v) is 7.47. The fourth-order valence-corrected chi connectivity index (χ4v) is 6.48. The van der Waals surface area contributed by atoms with Gasteiger partial charge < -0.3 is 0 Å². The van der Waals surface area contributed by atoms with Crippen LogP contribution in [-0.4, -0.2) is 71.7 Å². The highest BCUT2D eigenvalue weighted by molar-refractivity contribution is 7.91. The zero-order valence-electron chi connectivity index (χ0n) is 15.6. The number of sulfone groups is 1. The second-order valence-corrected chi connectivity index (χ2v) is 9.85. The van der Waals surface area contributed by atoms with Crippen molar-refractivity contribution >= 4 is 9.84 Å². The smallest absolute Gasteiger partial charge is 0.153 e. The molecule has 2 saturated heterocycles. The summed E-state index contributed by atoms with van der Waals surface area (Å²) in [4.78, 5) is 4.57. The van der Waals surface area contributed by atoms with Crippen LogP contribution < -0.4 is 0 Å². The van der Waals surface area contributed by atoms with Gasteiger partial charge in [0, 0.05) is 44.1 Å². The van der Waals surface area contributed by atoms with Gasteiger partial charge in [-0.3, -0.25) is 9.80 Å². The number of hydrogen-bond donors (Lipinski definition) is 0. The van der Waals surface area contributed by atoms with E-state index in [1.54, 1.807) is 6.20 Å². The molecule has 2 atom stereocenters. The lowest BCUT2D eigenvalue weighted by atomic mass is 9.99. The van der Waals surface area contributed by atoms with Crippen LogP contribution in [-0.2, 0) is 16.4 Å². The van der Waals surface area contributed by atoms with Crippen molar-refractivity contribution < 1.29 is 8.42 Å². The Morgan fingerprint density at radius 2 is 1.92 bits per heavy atom. The van der Waals surface area contributed by atoms with Crippen LogP contribution in [0.1, 0.15) is 16.7 Å². The summed E-state index contributed by atoms with van der Waals surface area (Å²) in [6, 6.07) is 6.46. The van der Waals surface area contributed by atoms with E-state index in [4.69, 9.17) is 0 Å². The quantitative estimate of drug-likeness (QED) is 0.813. The maximum atomic E-state index is 12.2. The van der Waals surface area contributed by atoms with Crippen LogP contribution in [0, 0.1) is 13.8 Å². The zero-order chi connectivity index (χ0) is 18.5. The van der Waals surface area contributed by atoms with Gasteiger partial charge in [-0.05, 0) is 49.7 Å². The van der Waals surface area contributed by atoms with E-state index in [9.17, 15) is 8.42 Å². The number of likely N-dealkylation sites (N-methyl/N-ethyl adjacent to an activating group) is 1. The average Bonchev–Trinajstić information content (AvgIpc) is 3.19. The first-order chi connectivity index (χ1) is 12.3. The molecule has 1 aromatic heterocycles. The first kappa shape index (κ1) is 17.7. The lowest BCUT2D eigenvalue weighted by Crippen LogP contribution is -2.57. The van der Waals surface area contributed by atoms with Gasteiger partial charge in [-0.15, -0.1) is 0 Å². The number of aryl methyl sites for hydroxylation is 2. The average molecular weight is 375 g/mol. The molecular weight excluding hydrogens is 348 g/mol. The largest absolute Gasteiger partial charge is 0.300 e. The van der Waals surface area contributed by atoms with Crippen molar-refractivity contribution in [2.75, 3.05) is 31.6 Å². The molecule has 0 radical (unpaired) electrons. The molecule has 0 bridgehead atoms. The van der Waals surface area contributed by atoms with Crippen LogP contribution in [0.3, 0.4) is 0 Å². The Bertz CT molecular complexity index is 908. The molecule has 7 heteroatoms. The molecule has 4 rings (SSSR count). The number of piperazine rings is 1. The Hall–Kier alpha value is -1.70. The summed E-state index contributed by atoms with van der Waals surface area (Å²) in [7, 11) is -0.914. The molecule has 0 aliphatic carbocycles. The molecule has 3 heterocycles. The Labute approximate surface area is 155 Å². The van der Waals surface area contributed by atoms with Crippen molar-refractivity contribution in [3.63, 3.8) is 0 Å². The first-order valence-electron chi connectivity index (χ1n) is 9.09. The van der Waals surface area contributed by atoms with E-state index in [0.29, 0.717) is 0 Å². The molecule has 26 heavy (non-hydrogen) atoms. The summed E-state index contributed by atoms with van der Waals surface area (Å²) >= 11 is 0. The van der Waals surface area contributed by atoms with Crippen LogP contribution in [0.4, 0.5) is 0 Å². The molecule has 2 fully saturated rings. The lowest BCUT2D eigenvalue weighted by molar-refractivity contribution is 0.0571. The van der Waals surface area contributed by atoms with Crippen molar-refractivity contribution in [1.82, 2.24) is 19.6 Å². The van der Waals surface area contributed by atoms with E-state index in [2.05, 4.69) is 40.9 Å². The van der Waals surface area contributed by atoms with Crippen molar-refractivity contribution in [3.05, 3.63) is 47.3 Å². The standard InChI is InChI=1S/C19H26N4O2S/c1-14-9-15(2)16(17(10-14)23-6-4-5-20-23)11-22-8-7-21(3)18-12-26(24,25)13-19(18)22/h4-6,9-10,18-19H,7-8,11-13H2,1-3H3/t18-,19+/m0/s1. The fraction of sp³-hybridized carbons (Fsp3) is 0.526. The predicted molar refractivity (Wildman–Crippen MR) is 102 cm³/mol. The van der Waals surface area contributed by atoms with E-state index < -0.39 is 9.84 Å². The van der Waals surface area contributed by atoms with Crippen LogP contribution in [0.15, 0.2) is 30.6 Å². The first-order valence-corrected chi connectivity index (χ1v) is 10.9. The number of aromatic nitrogens is 2. The van der Waals surface area contributed by atoms with Gasteiger partial charge in [0.2, 0.25) is 0 Å². The molecule has 0 N–H and O–H groups in total. The van der Waals surface area contributed by atoms with E-state index >= 15 is 0 Å². The Morgan fingerprint density at radius 1 is 1.15 bits per heavy atom. The van der Waals surface area contributed by atoms with Gasteiger partial charge in [0.05, 0.1) is 17.2 Å². The maximum Gasteiger partial charge on any atom is 0.153 e. The highest BCUT2D eigenvalue weighted by Crippen LogP contribution is 2.29. The maximum absolute atomic E-state index is 12.2. The SMILES string of the molecule is Cc1cc(C)c(CN2CCN(C)[C@H]3CS(=O)(=O)C[C@H]32)c(-n2cccn2)c1. The van der Waals surface area contributed by atoms with Crippen LogP contribution in [0.5, 0.6) is 0 Å². The minimum Gasteiger partial charge on any atom is -0.300 e. The minimum atomic E-state index is -2.96. The molecule has 2 aliphatic rings. The monoisotopic (exact) mass is 374 g/mol. The molecule has 1 aromatic carbocycles. The Balaban J connectivity index is 1.69. The second-order valence-electron chi connectivity index (χ2n) is 7.69. The van der Waals surface area contributed by atoms with Gasteiger partial charge in [0.1, 0.15) is 0 Å². The Morgan fingerprint density at radius 3 is 2.65 bits per heavy atom. The van der Waals surface area contributed by atoms with Crippen molar-refractivity contribution in [1.29, 1.82) is 0 Å². The molecule has 0 unspecified atom stereocenters. The zero-order valence-corrected chi connectivity index (χ0v) is 16.4. The van der Waals surface area contributed by atoms with E-state index in [1.165, 1.54) is 16.7 Å². The Kier molecular flexibility index (Phi) is 4.41.